The predicted molar refractivity (Wildman–Crippen MR) is 109 cm³/mol. The number of halogens is 4. The molecule has 5 nitrogen and oxygen atoms in total. The lowest BCUT2D eigenvalue weighted by Gasteiger charge is -2.30. The fraction of sp³-hybridized carbons (Fsp3) is 0.136. The summed E-state index contributed by atoms with van der Waals surface area (Å²) in [5.41, 5.74) is 2.81. The van der Waals surface area contributed by atoms with E-state index in [1.165, 1.54) is 64.0 Å². The van der Waals surface area contributed by atoms with Crippen LogP contribution in [-0.2, 0) is 12.1 Å². The van der Waals surface area contributed by atoms with Gasteiger partial charge in [0.25, 0.3) is 0 Å². The van der Waals surface area contributed by atoms with E-state index in [1.807, 2.05) is 0 Å². The van der Waals surface area contributed by atoms with Gasteiger partial charge in [0, 0.05) is 23.7 Å². The van der Waals surface area contributed by atoms with Gasteiger partial charge in [0.15, 0.2) is 0 Å². The molecule has 9 heteroatoms. The number of alkyl halides is 3. The number of hydrogen-bond acceptors (Lipinski definition) is 3. The fourth-order valence-electron chi connectivity index (χ4n) is 3.56. The van der Waals surface area contributed by atoms with Crippen molar-refractivity contribution < 1.29 is 22.7 Å². The molecule has 3 N–H and O–H groups in total. The summed E-state index contributed by atoms with van der Waals surface area (Å²) in [6, 6.07) is 10.5. The molecule has 160 valence electrons. The molecule has 2 heterocycles. The molecular weight excluding hydrogens is 412 g/mol. The summed E-state index contributed by atoms with van der Waals surface area (Å²) in [5, 5.41) is 15.5. The van der Waals surface area contributed by atoms with Crippen LogP contribution in [0.1, 0.15) is 11.1 Å². The monoisotopic (exact) mass is 430 g/mol. The second-order valence-corrected chi connectivity index (χ2v) is 7.11. The lowest BCUT2D eigenvalue weighted by atomic mass is 9.86. The van der Waals surface area contributed by atoms with E-state index in [0.717, 1.165) is 12.3 Å². The Bertz CT molecular complexity index is 1260. The molecule has 2 aromatic carbocycles. The molecule has 4 rings (SSSR count). The highest BCUT2D eigenvalue weighted by Crippen LogP contribution is 2.45. The van der Waals surface area contributed by atoms with Crippen molar-refractivity contribution in [3.8, 4) is 5.69 Å². The summed E-state index contributed by atoms with van der Waals surface area (Å²) in [6.45, 7) is 3.75. The molecule has 1 atom stereocenters. The van der Waals surface area contributed by atoms with Gasteiger partial charge in [-0.1, -0.05) is 12.1 Å². The van der Waals surface area contributed by atoms with E-state index >= 15 is 0 Å². The zero-order valence-electron chi connectivity index (χ0n) is 16.1. The molecule has 31 heavy (non-hydrogen) atoms. The second-order valence-electron chi connectivity index (χ2n) is 7.11. The van der Waals surface area contributed by atoms with Crippen LogP contribution in [0.25, 0.3) is 16.6 Å². The molecule has 4 aromatic rings. The van der Waals surface area contributed by atoms with Gasteiger partial charge in [-0.3, -0.25) is 0 Å². The van der Waals surface area contributed by atoms with E-state index in [9.17, 15) is 22.7 Å². The third-order valence-corrected chi connectivity index (χ3v) is 5.14. The van der Waals surface area contributed by atoms with Gasteiger partial charge in [-0.25, -0.2) is 9.07 Å². The van der Waals surface area contributed by atoms with Gasteiger partial charge in [-0.2, -0.15) is 18.3 Å². The van der Waals surface area contributed by atoms with Crippen molar-refractivity contribution in [1.82, 2.24) is 14.3 Å². The van der Waals surface area contributed by atoms with E-state index in [-0.39, 0.29) is 17.9 Å². The average Bonchev–Trinajstić information content (AvgIpc) is 3.31. The summed E-state index contributed by atoms with van der Waals surface area (Å²) in [7, 11) is 0. The van der Waals surface area contributed by atoms with Crippen LogP contribution in [0.3, 0.4) is 0 Å². The van der Waals surface area contributed by atoms with Gasteiger partial charge in [0.1, 0.15) is 11.6 Å². The summed E-state index contributed by atoms with van der Waals surface area (Å²) in [5.74, 6) is -0.344. The second kappa shape index (κ2) is 7.28. The molecule has 0 bridgehead atoms. The third-order valence-electron chi connectivity index (χ3n) is 5.14. The molecule has 0 saturated heterocycles. The van der Waals surface area contributed by atoms with Crippen molar-refractivity contribution >= 4 is 16.7 Å². The number of nitrogens with zero attached hydrogens (tertiary/aromatic N) is 3. The number of rotatable bonds is 5. The van der Waals surface area contributed by atoms with E-state index in [1.54, 1.807) is 0 Å². The lowest BCUT2D eigenvalue weighted by Crippen LogP contribution is -2.43. The third kappa shape index (κ3) is 3.36. The summed E-state index contributed by atoms with van der Waals surface area (Å²) in [6.07, 6.45) is -0.976. The minimum atomic E-state index is -5.01. The van der Waals surface area contributed by atoms with Crippen molar-refractivity contribution in [2.75, 3.05) is 5.73 Å². The van der Waals surface area contributed by atoms with Gasteiger partial charge < -0.3 is 15.4 Å². The molecule has 0 radical (unpaired) electrons. The Morgan fingerprint density at radius 2 is 1.77 bits per heavy atom. The van der Waals surface area contributed by atoms with Gasteiger partial charge >= 0.3 is 6.18 Å². The van der Waals surface area contributed by atoms with Gasteiger partial charge in [-0.05, 0) is 48.0 Å². The summed E-state index contributed by atoms with van der Waals surface area (Å²) < 4.78 is 58.4. The van der Waals surface area contributed by atoms with Crippen LogP contribution in [0.5, 0.6) is 0 Å². The van der Waals surface area contributed by atoms with E-state index in [4.69, 9.17) is 5.73 Å². The molecular formula is C22H18F4N4O. The van der Waals surface area contributed by atoms with Crippen LogP contribution < -0.4 is 5.73 Å². The first-order chi connectivity index (χ1) is 14.6. The molecule has 0 spiro atoms. The molecule has 2 aromatic heterocycles. The van der Waals surface area contributed by atoms with Crippen LogP contribution in [0.4, 0.5) is 23.4 Å². The Balaban J connectivity index is 1.85. The number of nitrogen functional groups attached to an aromatic ring is 1. The Kier molecular flexibility index (Phi) is 4.85. The minimum Gasteiger partial charge on any atom is -0.385 e. The highest BCUT2D eigenvalue weighted by Gasteiger charge is 2.57. The Morgan fingerprint density at radius 3 is 2.42 bits per heavy atom. The maximum absolute atomic E-state index is 14.1. The quantitative estimate of drug-likeness (QED) is 0.361. The number of fused-ring (bicyclic) bond motifs is 1. The van der Waals surface area contributed by atoms with Gasteiger partial charge in [0.05, 0.1) is 17.4 Å². The summed E-state index contributed by atoms with van der Waals surface area (Å²) in [4.78, 5) is 0. The van der Waals surface area contributed by atoms with Crippen LogP contribution >= 0.6 is 0 Å². The fourth-order valence-corrected chi connectivity index (χ4v) is 3.56. The van der Waals surface area contributed by atoms with Crippen molar-refractivity contribution in [1.29, 1.82) is 0 Å². The zero-order valence-corrected chi connectivity index (χ0v) is 16.1. The van der Waals surface area contributed by atoms with Gasteiger partial charge in [0.2, 0.25) is 5.60 Å². The molecule has 0 aliphatic carbocycles. The number of hydrogen-bond donors (Lipinski definition) is 2. The van der Waals surface area contributed by atoms with Crippen LogP contribution in [-0.4, -0.2) is 25.6 Å². The Labute approximate surface area is 174 Å². The zero-order chi connectivity index (χ0) is 22.4. The van der Waals surface area contributed by atoms with Crippen molar-refractivity contribution in [3.63, 3.8) is 0 Å². The minimum absolute atomic E-state index is 0.0720. The van der Waals surface area contributed by atoms with E-state index in [0.29, 0.717) is 16.6 Å². The number of aromatic nitrogens is 3. The summed E-state index contributed by atoms with van der Waals surface area (Å²) >= 11 is 0. The number of nitrogens with two attached hydrogens (primary N) is 1. The maximum Gasteiger partial charge on any atom is 0.425 e. The maximum atomic E-state index is 14.1. The first-order valence-electron chi connectivity index (χ1n) is 9.25. The Hall–Kier alpha value is -3.59. The molecule has 0 aliphatic heterocycles. The number of aliphatic hydroxyl groups is 1. The molecule has 0 fully saturated rings. The molecule has 0 amide bonds. The van der Waals surface area contributed by atoms with E-state index < -0.39 is 23.2 Å². The van der Waals surface area contributed by atoms with Crippen molar-refractivity contribution in [2.24, 2.45) is 0 Å². The standard InChI is InChI=1S/C22H18F4N4O/c1-2-9-29-13-16(11-20(29)27)21(31,22(24,25)26)15-3-8-19-14(10-15)12-28-30(19)18-6-4-17(23)5-7-18/h2-8,10-13,31H,1,9,27H2. The SMILES string of the molecule is C=CCn1cc(C(O)(c2ccc3c(cnn3-c3ccc(F)cc3)c2)C(F)(F)F)cc1N. The first-order valence-corrected chi connectivity index (χ1v) is 9.25. The van der Waals surface area contributed by atoms with Crippen LogP contribution in [0.2, 0.25) is 0 Å². The largest absolute Gasteiger partial charge is 0.425 e. The topological polar surface area (TPSA) is 69.0 Å². The normalized spacial score (nSPS) is 14.0. The average molecular weight is 430 g/mol. The van der Waals surface area contributed by atoms with Crippen molar-refractivity contribution in [2.45, 2.75) is 18.3 Å². The highest BCUT2D eigenvalue weighted by molar-refractivity contribution is 5.81. The predicted octanol–water partition coefficient (Wildman–Crippen LogP) is 4.53. The highest BCUT2D eigenvalue weighted by atomic mass is 19.4. The molecule has 1 unspecified atom stereocenters. The number of anilines is 1. The van der Waals surface area contributed by atoms with Crippen LogP contribution in [0.15, 0.2) is 73.6 Å². The Morgan fingerprint density at radius 1 is 1.06 bits per heavy atom. The lowest BCUT2D eigenvalue weighted by molar-refractivity contribution is -0.248. The van der Waals surface area contributed by atoms with Crippen LogP contribution in [0, 0.1) is 5.82 Å². The first kappa shape index (κ1) is 20.7. The van der Waals surface area contributed by atoms with Gasteiger partial charge in [-0.15, -0.1) is 6.58 Å². The molecule has 0 aliphatic rings. The molecule has 0 saturated carbocycles. The number of allylic oxidation sites excluding steroid dienone is 1. The number of benzene rings is 2. The van der Waals surface area contributed by atoms with E-state index in [2.05, 4.69) is 11.7 Å². The smallest absolute Gasteiger partial charge is 0.385 e. The van der Waals surface area contributed by atoms with Crippen molar-refractivity contribution in [3.05, 3.63) is 90.5 Å².